The molecule has 1 aromatic carbocycles. The van der Waals surface area contributed by atoms with Crippen molar-refractivity contribution in [1.82, 2.24) is 0 Å². The fourth-order valence-electron chi connectivity index (χ4n) is 1.23. The zero-order valence-electron chi connectivity index (χ0n) is 7.52. The molecule has 0 fully saturated rings. The maximum Gasteiger partial charge on any atom is 0.0763 e. The van der Waals surface area contributed by atoms with E-state index in [1.54, 1.807) is 0 Å². The van der Waals surface area contributed by atoms with Crippen LogP contribution < -0.4 is 5.32 Å². The largest absolute Gasteiger partial charge is 0.374 e. The average Bonchev–Trinajstić information content (AvgIpc) is 2.04. The fraction of sp³-hybridized carbons (Fsp3) is 0.273. The number of benzene rings is 1. The van der Waals surface area contributed by atoms with Gasteiger partial charge in [-0.05, 0) is 25.0 Å². The highest BCUT2D eigenvalue weighted by atomic mass is 14.9. The van der Waals surface area contributed by atoms with Crippen LogP contribution in [0, 0.1) is 26.2 Å². The molecule has 1 nitrogen and oxygen atoms in total. The van der Waals surface area contributed by atoms with Gasteiger partial charge in [0.2, 0.25) is 0 Å². The number of nitrogens with one attached hydrogen (secondary N) is 1. The average molecular weight is 159 g/mol. The SMILES string of the molecule is C#CCNc1c(C)cccc1C. The molecule has 1 heteroatoms. The maximum atomic E-state index is 5.16. The van der Waals surface area contributed by atoms with E-state index in [9.17, 15) is 0 Å². The lowest BCUT2D eigenvalue weighted by molar-refractivity contribution is 1.29. The quantitative estimate of drug-likeness (QED) is 0.653. The summed E-state index contributed by atoms with van der Waals surface area (Å²) in [6.45, 7) is 4.74. The van der Waals surface area contributed by atoms with Gasteiger partial charge >= 0.3 is 0 Å². The summed E-state index contributed by atoms with van der Waals surface area (Å²) in [5.41, 5.74) is 3.64. The molecular weight excluding hydrogens is 146 g/mol. The van der Waals surface area contributed by atoms with Crippen LogP contribution in [0.25, 0.3) is 0 Å². The van der Waals surface area contributed by atoms with Gasteiger partial charge in [-0.25, -0.2) is 0 Å². The third-order valence-electron chi connectivity index (χ3n) is 1.85. The first-order valence-corrected chi connectivity index (χ1v) is 3.99. The molecule has 12 heavy (non-hydrogen) atoms. The number of para-hydroxylation sites is 1. The molecule has 0 aliphatic rings. The van der Waals surface area contributed by atoms with Gasteiger partial charge in [-0.2, -0.15) is 0 Å². The highest BCUT2D eigenvalue weighted by Gasteiger charge is 1.98. The summed E-state index contributed by atoms with van der Waals surface area (Å²) in [5, 5.41) is 3.19. The van der Waals surface area contributed by atoms with Gasteiger partial charge in [0.1, 0.15) is 0 Å². The minimum atomic E-state index is 0.589. The molecule has 1 rings (SSSR count). The van der Waals surface area contributed by atoms with Crippen LogP contribution in [-0.4, -0.2) is 6.54 Å². The molecule has 1 aromatic rings. The molecule has 0 aliphatic heterocycles. The van der Waals surface area contributed by atoms with E-state index in [1.807, 2.05) is 6.07 Å². The summed E-state index contributed by atoms with van der Waals surface area (Å²) < 4.78 is 0. The van der Waals surface area contributed by atoms with Gasteiger partial charge in [0.05, 0.1) is 6.54 Å². The Morgan fingerprint density at radius 3 is 2.42 bits per heavy atom. The van der Waals surface area contributed by atoms with Crippen molar-refractivity contribution < 1.29 is 0 Å². The van der Waals surface area contributed by atoms with E-state index in [-0.39, 0.29) is 0 Å². The second-order valence-corrected chi connectivity index (χ2v) is 2.82. The number of hydrogen-bond donors (Lipinski definition) is 1. The zero-order chi connectivity index (χ0) is 8.97. The zero-order valence-corrected chi connectivity index (χ0v) is 7.52. The van der Waals surface area contributed by atoms with E-state index in [0.717, 1.165) is 5.69 Å². The second kappa shape index (κ2) is 3.82. The van der Waals surface area contributed by atoms with Crippen LogP contribution in [0.15, 0.2) is 18.2 Å². The number of aryl methyl sites for hydroxylation is 2. The molecule has 0 aliphatic carbocycles. The van der Waals surface area contributed by atoms with Crippen LogP contribution in [0.5, 0.6) is 0 Å². The summed E-state index contributed by atoms with van der Waals surface area (Å²) in [4.78, 5) is 0. The van der Waals surface area contributed by atoms with Crippen LogP contribution in [0.2, 0.25) is 0 Å². The Hall–Kier alpha value is -1.42. The van der Waals surface area contributed by atoms with Gasteiger partial charge in [-0.3, -0.25) is 0 Å². The minimum absolute atomic E-state index is 0.589. The molecule has 0 radical (unpaired) electrons. The van der Waals surface area contributed by atoms with Gasteiger partial charge in [0.25, 0.3) is 0 Å². The minimum Gasteiger partial charge on any atom is -0.374 e. The first-order chi connectivity index (χ1) is 5.75. The Morgan fingerprint density at radius 2 is 1.92 bits per heavy atom. The third-order valence-corrected chi connectivity index (χ3v) is 1.85. The monoisotopic (exact) mass is 159 g/mol. The predicted octanol–water partition coefficient (Wildman–Crippen LogP) is 2.35. The summed E-state index contributed by atoms with van der Waals surface area (Å²) >= 11 is 0. The van der Waals surface area contributed by atoms with Crippen LogP contribution in [0.3, 0.4) is 0 Å². The normalized spacial score (nSPS) is 9.08. The molecule has 0 saturated carbocycles. The van der Waals surface area contributed by atoms with E-state index in [2.05, 4.69) is 37.2 Å². The van der Waals surface area contributed by atoms with Crippen LogP contribution in [0.4, 0.5) is 5.69 Å². The van der Waals surface area contributed by atoms with E-state index >= 15 is 0 Å². The molecule has 0 amide bonds. The number of rotatable bonds is 2. The topological polar surface area (TPSA) is 12.0 Å². The summed E-state index contributed by atoms with van der Waals surface area (Å²) in [7, 11) is 0. The molecule has 0 bridgehead atoms. The fourth-order valence-corrected chi connectivity index (χ4v) is 1.23. The lowest BCUT2D eigenvalue weighted by Crippen LogP contribution is -2.01. The third kappa shape index (κ3) is 1.79. The Morgan fingerprint density at radius 1 is 1.33 bits per heavy atom. The van der Waals surface area contributed by atoms with Crippen molar-refractivity contribution in [3.8, 4) is 12.3 Å². The van der Waals surface area contributed by atoms with E-state index in [0.29, 0.717) is 6.54 Å². The van der Waals surface area contributed by atoms with Crippen molar-refractivity contribution >= 4 is 5.69 Å². The van der Waals surface area contributed by atoms with Gasteiger partial charge in [-0.1, -0.05) is 24.1 Å². The summed E-state index contributed by atoms with van der Waals surface area (Å²) in [5.74, 6) is 2.56. The molecule has 62 valence electrons. The van der Waals surface area contributed by atoms with Crippen molar-refractivity contribution in [1.29, 1.82) is 0 Å². The molecule has 0 saturated heterocycles. The second-order valence-electron chi connectivity index (χ2n) is 2.82. The van der Waals surface area contributed by atoms with E-state index in [1.165, 1.54) is 11.1 Å². The molecular formula is C11H13N. The Kier molecular flexibility index (Phi) is 2.76. The van der Waals surface area contributed by atoms with Crippen LogP contribution >= 0.6 is 0 Å². The van der Waals surface area contributed by atoms with Gasteiger partial charge < -0.3 is 5.32 Å². The van der Waals surface area contributed by atoms with Crippen molar-refractivity contribution in [2.24, 2.45) is 0 Å². The first kappa shape index (κ1) is 8.67. The van der Waals surface area contributed by atoms with Gasteiger partial charge in [0.15, 0.2) is 0 Å². The lowest BCUT2D eigenvalue weighted by atomic mass is 10.1. The Bertz CT molecular complexity index is 287. The molecule has 0 spiro atoms. The van der Waals surface area contributed by atoms with Crippen molar-refractivity contribution in [2.75, 3.05) is 11.9 Å². The van der Waals surface area contributed by atoms with Gasteiger partial charge in [0, 0.05) is 5.69 Å². The maximum absolute atomic E-state index is 5.16. The van der Waals surface area contributed by atoms with Crippen molar-refractivity contribution in [3.05, 3.63) is 29.3 Å². The van der Waals surface area contributed by atoms with E-state index in [4.69, 9.17) is 6.42 Å². The summed E-state index contributed by atoms with van der Waals surface area (Å²) in [6.07, 6.45) is 5.16. The van der Waals surface area contributed by atoms with Gasteiger partial charge in [-0.15, -0.1) is 6.42 Å². The Balaban J connectivity index is 2.90. The highest BCUT2D eigenvalue weighted by molar-refractivity contribution is 5.57. The summed E-state index contributed by atoms with van der Waals surface area (Å²) in [6, 6.07) is 6.20. The molecule has 0 aromatic heterocycles. The number of hydrogen-bond acceptors (Lipinski definition) is 1. The Labute approximate surface area is 73.8 Å². The highest BCUT2D eigenvalue weighted by Crippen LogP contribution is 2.18. The first-order valence-electron chi connectivity index (χ1n) is 3.99. The van der Waals surface area contributed by atoms with Crippen LogP contribution in [0.1, 0.15) is 11.1 Å². The number of anilines is 1. The van der Waals surface area contributed by atoms with Crippen LogP contribution in [-0.2, 0) is 0 Å². The van der Waals surface area contributed by atoms with E-state index < -0.39 is 0 Å². The molecule has 1 N–H and O–H groups in total. The number of terminal acetylenes is 1. The van der Waals surface area contributed by atoms with Crippen molar-refractivity contribution in [2.45, 2.75) is 13.8 Å². The molecule has 0 unspecified atom stereocenters. The molecule has 0 atom stereocenters. The molecule has 0 heterocycles. The lowest BCUT2D eigenvalue weighted by Gasteiger charge is -2.09. The van der Waals surface area contributed by atoms with Crippen molar-refractivity contribution in [3.63, 3.8) is 0 Å². The smallest absolute Gasteiger partial charge is 0.0763 e. The predicted molar refractivity (Wildman–Crippen MR) is 53.2 cm³/mol. The standard InChI is InChI=1S/C11H13N/c1-4-8-12-11-9(2)6-5-7-10(11)3/h1,5-7,12H,8H2,2-3H3.